The number of rotatable bonds is 4. The average molecular weight is 218 g/mol. The Morgan fingerprint density at radius 3 is 2.86 bits per heavy atom. The number of hydrogen-bond acceptors (Lipinski definition) is 2. The van der Waals surface area contributed by atoms with Crippen LogP contribution in [-0.2, 0) is 0 Å². The Morgan fingerprint density at radius 2 is 2.29 bits per heavy atom. The minimum Gasteiger partial charge on any atom is -0.495 e. The van der Waals surface area contributed by atoms with Gasteiger partial charge in [0.1, 0.15) is 11.9 Å². The first-order valence-electron chi connectivity index (χ1n) is 4.31. The second kappa shape index (κ2) is 5.17. The summed E-state index contributed by atoms with van der Waals surface area (Å²) in [5, 5.41) is 3.20. The largest absolute Gasteiger partial charge is 0.495 e. The summed E-state index contributed by atoms with van der Waals surface area (Å²) in [4.78, 5) is 0. The first-order valence-corrected chi connectivity index (χ1v) is 4.69. The first kappa shape index (κ1) is 11.3. The van der Waals surface area contributed by atoms with Gasteiger partial charge in [-0.25, -0.2) is 4.39 Å². The Kier molecular flexibility index (Phi) is 4.17. The van der Waals surface area contributed by atoms with Crippen molar-refractivity contribution < 1.29 is 9.13 Å². The zero-order chi connectivity index (χ0) is 10.6. The number of benzene rings is 1. The van der Waals surface area contributed by atoms with Crippen molar-refractivity contribution in [2.45, 2.75) is 6.17 Å². The van der Waals surface area contributed by atoms with Crippen molar-refractivity contribution in [3.63, 3.8) is 0 Å². The summed E-state index contributed by atoms with van der Waals surface area (Å²) >= 11 is 5.86. The lowest BCUT2D eigenvalue weighted by Crippen LogP contribution is -2.14. The average Bonchev–Trinajstić information content (AvgIpc) is 2.17. The molecule has 0 saturated carbocycles. The number of halogens is 2. The molecule has 0 radical (unpaired) electrons. The molecule has 2 nitrogen and oxygen atoms in total. The van der Waals surface area contributed by atoms with Gasteiger partial charge in [-0.3, -0.25) is 0 Å². The molecule has 0 aliphatic rings. The molecular weight excluding hydrogens is 205 g/mol. The third kappa shape index (κ3) is 2.36. The van der Waals surface area contributed by atoms with Crippen molar-refractivity contribution in [1.82, 2.24) is 5.32 Å². The van der Waals surface area contributed by atoms with Gasteiger partial charge >= 0.3 is 0 Å². The number of hydrogen-bond donors (Lipinski definition) is 1. The fraction of sp³-hybridized carbons (Fsp3) is 0.400. The van der Waals surface area contributed by atoms with Crippen LogP contribution in [-0.4, -0.2) is 20.7 Å². The molecule has 1 unspecified atom stereocenters. The quantitative estimate of drug-likeness (QED) is 0.837. The van der Waals surface area contributed by atoms with Gasteiger partial charge in [0.2, 0.25) is 0 Å². The molecule has 1 aromatic carbocycles. The summed E-state index contributed by atoms with van der Waals surface area (Å²) < 4.78 is 18.6. The number of ether oxygens (including phenoxy) is 1. The molecule has 0 aliphatic heterocycles. The van der Waals surface area contributed by atoms with Crippen molar-refractivity contribution in [2.75, 3.05) is 20.7 Å². The second-order valence-corrected chi connectivity index (χ2v) is 3.29. The SMILES string of the molecule is CNCC(F)c1cccc(Cl)c1OC. The highest BCUT2D eigenvalue weighted by molar-refractivity contribution is 6.32. The minimum atomic E-state index is -1.10. The van der Waals surface area contributed by atoms with Gasteiger partial charge in [-0.1, -0.05) is 23.7 Å². The van der Waals surface area contributed by atoms with Crippen LogP contribution in [0.2, 0.25) is 5.02 Å². The summed E-state index contributed by atoms with van der Waals surface area (Å²) in [6.45, 7) is 0.247. The van der Waals surface area contributed by atoms with Gasteiger partial charge in [0, 0.05) is 12.1 Å². The topological polar surface area (TPSA) is 21.3 Å². The first-order chi connectivity index (χ1) is 6.70. The van der Waals surface area contributed by atoms with E-state index in [1.165, 1.54) is 7.11 Å². The van der Waals surface area contributed by atoms with Crippen molar-refractivity contribution in [3.05, 3.63) is 28.8 Å². The van der Waals surface area contributed by atoms with E-state index in [9.17, 15) is 4.39 Å². The molecule has 0 saturated heterocycles. The molecular formula is C10H13ClFNO. The molecule has 4 heteroatoms. The van der Waals surface area contributed by atoms with Crippen LogP contribution in [0, 0.1) is 0 Å². The van der Waals surface area contributed by atoms with E-state index in [0.717, 1.165) is 0 Å². The summed E-state index contributed by atoms with van der Waals surface area (Å²) in [5.74, 6) is 0.414. The Bertz CT molecular complexity index is 306. The number of para-hydroxylation sites is 1. The van der Waals surface area contributed by atoms with E-state index in [1.807, 2.05) is 0 Å². The lowest BCUT2D eigenvalue weighted by atomic mass is 10.1. The Hall–Kier alpha value is -0.800. The second-order valence-electron chi connectivity index (χ2n) is 2.89. The third-order valence-corrected chi connectivity index (χ3v) is 2.22. The van der Waals surface area contributed by atoms with Crippen molar-refractivity contribution in [2.24, 2.45) is 0 Å². The highest BCUT2D eigenvalue weighted by Gasteiger charge is 2.16. The van der Waals surface area contributed by atoms with Gasteiger partial charge in [0.25, 0.3) is 0 Å². The lowest BCUT2D eigenvalue weighted by molar-refractivity contribution is 0.318. The fourth-order valence-electron chi connectivity index (χ4n) is 1.28. The Balaban J connectivity index is 3.00. The molecule has 0 heterocycles. The van der Waals surface area contributed by atoms with Crippen LogP contribution < -0.4 is 10.1 Å². The summed E-state index contributed by atoms with van der Waals surface area (Å²) in [7, 11) is 3.18. The zero-order valence-corrected chi connectivity index (χ0v) is 8.94. The van der Waals surface area contributed by atoms with Gasteiger partial charge in [0.15, 0.2) is 0 Å². The third-order valence-electron chi connectivity index (χ3n) is 1.92. The van der Waals surface area contributed by atoms with E-state index >= 15 is 0 Å². The van der Waals surface area contributed by atoms with Gasteiger partial charge in [0.05, 0.1) is 12.1 Å². The van der Waals surface area contributed by atoms with E-state index in [2.05, 4.69) is 5.32 Å². The van der Waals surface area contributed by atoms with Gasteiger partial charge in [-0.05, 0) is 13.1 Å². The highest BCUT2D eigenvalue weighted by Crippen LogP contribution is 2.33. The van der Waals surface area contributed by atoms with Crippen LogP contribution in [0.5, 0.6) is 5.75 Å². The van der Waals surface area contributed by atoms with Gasteiger partial charge < -0.3 is 10.1 Å². The van der Waals surface area contributed by atoms with Crippen LogP contribution in [0.4, 0.5) is 4.39 Å². The van der Waals surface area contributed by atoms with E-state index < -0.39 is 6.17 Å². The Labute approximate surface area is 88.0 Å². The molecule has 0 fully saturated rings. The van der Waals surface area contributed by atoms with Gasteiger partial charge in [-0.15, -0.1) is 0 Å². The molecule has 78 valence electrons. The van der Waals surface area contributed by atoms with E-state index in [4.69, 9.17) is 16.3 Å². The molecule has 1 aromatic rings. The van der Waals surface area contributed by atoms with Crippen molar-refractivity contribution in [1.29, 1.82) is 0 Å². The molecule has 0 aliphatic carbocycles. The van der Waals surface area contributed by atoms with E-state index in [-0.39, 0.29) is 6.54 Å². The maximum absolute atomic E-state index is 13.6. The maximum atomic E-state index is 13.6. The smallest absolute Gasteiger partial charge is 0.143 e. The molecule has 0 aromatic heterocycles. The normalized spacial score (nSPS) is 12.6. The van der Waals surface area contributed by atoms with Crippen molar-refractivity contribution in [3.8, 4) is 5.75 Å². The molecule has 1 N–H and O–H groups in total. The molecule has 0 bridgehead atoms. The predicted octanol–water partition coefficient (Wildman–Crippen LogP) is 2.58. The standard InChI is InChI=1S/C10H13ClFNO/c1-13-6-9(12)7-4-3-5-8(11)10(7)14-2/h3-5,9,13H,6H2,1-2H3. The summed E-state index contributed by atoms with van der Waals surface area (Å²) in [6.07, 6.45) is -1.10. The predicted molar refractivity (Wildman–Crippen MR) is 55.8 cm³/mol. The van der Waals surface area contributed by atoms with Crippen LogP contribution in [0.15, 0.2) is 18.2 Å². The number of alkyl halides is 1. The molecule has 0 amide bonds. The molecule has 1 atom stereocenters. The van der Waals surface area contributed by atoms with Gasteiger partial charge in [-0.2, -0.15) is 0 Å². The molecule has 1 rings (SSSR count). The molecule has 14 heavy (non-hydrogen) atoms. The summed E-state index contributed by atoms with van der Waals surface area (Å²) in [5.41, 5.74) is 0.481. The Morgan fingerprint density at radius 1 is 1.57 bits per heavy atom. The maximum Gasteiger partial charge on any atom is 0.143 e. The number of nitrogens with one attached hydrogen (secondary N) is 1. The zero-order valence-electron chi connectivity index (χ0n) is 8.18. The number of likely N-dealkylation sites (N-methyl/N-ethyl adjacent to an activating group) is 1. The van der Waals surface area contributed by atoms with E-state index in [0.29, 0.717) is 16.3 Å². The highest BCUT2D eigenvalue weighted by atomic mass is 35.5. The summed E-state index contributed by atoms with van der Waals surface area (Å²) in [6, 6.07) is 5.06. The van der Waals surface area contributed by atoms with Crippen LogP contribution in [0.3, 0.4) is 0 Å². The fourth-order valence-corrected chi connectivity index (χ4v) is 1.54. The number of methoxy groups -OCH3 is 1. The van der Waals surface area contributed by atoms with Crippen LogP contribution in [0.1, 0.15) is 11.7 Å². The monoisotopic (exact) mass is 217 g/mol. The molecule has 0 spiro atoms. The lowest BCUT2D eigenvalue weighted by Gasteiger charge is -2.13. The minimum absolute atomic E-state index is 0.247. The van der Waals surface area contributed by atoms with Crippen molar-refractivity contribution >= 4 is 11.6 Å². The van der Waals surface area contributed by atoms with Crippen LogP contribution >= 0.6 is 11.6 Å². The van der Waals surface area contributed by atoms with E-state index in [1.54, 1.807) is 25.2 Å². The van der Waals surface area contributed by atoms with Crippen LogP contribution in [0.25, 0.3) is 0 Å².